The quantitative estimate of drug-likeness (QED) is 0.811. The van der Waals surface area contributed by atoms with Crippen molar-refractivity contribution in [3.63, 3.8) is 0 Å². The summed E-state index contributed by atoms with van der Waals surface area (Å²) in [4.78, 5) is 36.8. The number of anilines is 1. The molecule has 0 bridgehead atoms. The fourth-order valence-corrected chi connectivity index (χ4v) is 2.06. The average Bonchev–Trinajstić information content (AvgIpc) is 2.87. The lowest BCUT2D eigenvalue weighted by molar-refractivity contribution is -0.138. The lowest BCUT2D eigenvalue weighted by Crippen LogP contribution is -2.48. The number of halogens is 1. The first kappa shape index (κ1) is 18.5. The molecule has 2 rings (SSSR count). The number of carbonyl (C=O) groups is 3. The number of urea groups is 1. The Morgan fingerprint density at radius 3 is 2.68 bits per heavy atom. The third-order valence-electron chi connectivity index (χ3n) is 3.20. The molecule has 0 radical (unpaired) electrons. The number of benzene rings is 1. The maximum atomic E-state index is 13.5. The molecular weight excluding hydrogens is 333 g/mol. The fraction of sp³-hybridized carbons (Fsp3) is 0.438. The Hall–Kier alpha value is -2.84. The number of nitrogens with zero attached hydrogens (tertiary/aromatic N) is 1. The molecule has 1 fully saturated rings. The van der Waals surface area contributed by atoms with Crippen LogP contribution in [0.1, 0.15) is 20.8 Å². The first-order chi connectivity index (χ1) is 11.7. The number of esters is 1. The smallest absolute Gasteiger partial charge is 0.413 e. The average molecular weight is 353 g/mol. The molecular formula is C16H20FN3O5. The van der Waals surface area contributed by atoms with Gasteiger partial charge in [0.2, 0.25) is 0 Å². The number of amides is 3. The Labute approximate surface area is 144 Å². The zero-order chi connectivity index (χ0) is 18.6. The zero-order valence-corrected chi connectivity index (χ0v) is 14.2. The van der Waals surface area contributed by atoms with Crippen LogP contribution in [-0.2, 0) is 14.3 Å². The standard InChI is InChI=1S/C16H20FN3O5/c1-16(2,3)25-15(23)20-9-24-13(21)12(20)8-18-14(22)19-11-7-5-4-6-10(11)17/h4-7,12H,8-9H2,1-3H3,(H2,18,19,22)/t12-/m0/s1. The Balaban J connectivity index is 1.93. The summed E-state index contributed by atoms with van der Waals surface area (Å²) in [6, 6.07) is 3.93. The summed E-state index contributed by atoms with van der Waals surface area (Å²) in [6.07, 6.45) is -0.723. The highest BCUT2D eigenvalue weighted by Crippen LogP contribution is 2.17. The van der Waals surface area contributed by atoms with Crippen LogP contribution in [0.4, 0.5) is 19.7 Å². The molecule has 1 saturated heterocycles. The van der Waals surface area contributed by atoms with Gasteiger partial charge in [-0.1, -0.05) is 12.1 Å². The van der Waals surface area contributed by atoms with E-state index in [1.165, 1.54) is 18.2 Å². The first-order valence-electron chi connectivity index (χ1n) is 7.63. The van der Waals surface area contributed by atoms with Crippen molar-refractivity contribution >= 4 is 23.8 Å². The van der Waals surface area contributed by atoms with Crippen molar-refractivity contribution in [2.75, 3.05) is 18.6 Å². The van der Waals surface area contributed by atoms with Crippen LogP contribution in [-0.4, -0.2) is 47.9 Å². The van der Waals surface area contributed by atoms with Crippen LogP contribution in [0.2, 0.25) is 0 Å². The normalized spacial score (nSPS) is 17.0. The van der Waals surface area contributed by atoms with Crippen molar-refractivity contribution in [1.82, 2.24) is 10.2 Å². The summed E-state index contributed by atoms with van der Waals surface area (Å²) in [5, 5.41) is 4.73. The van der Waals surface area contributed by atoms with Crippen molar-refractivity contribution in [3.05, 3.63) is 30.1 Å². The predicted molar refractivity (Wildman–Crippen MR) is 86.2 cm³/mol. The van der Waals surface area contributed by atoms with E-state index < -0.39 is 35.6 Å². The largest absolute Gasteiger partial charge is 0.444 e. The van der Waals surface area contributed by atoms with Gasteiger partial charge in [-0.05, 0) is 32.9 Å². The highest BCUT2D eigenvalue weighted by molar-refractivity contribution is 5.90. The van der Waals surface area contributed by atoms with E-state index >= 15 is 0 Å². The van der Waals surface area contributed by atoms with Gasteiger partial charge in [0.15, 0.2) is 12.8 Å². The lowest BCUT2D eigenvalue weighted by Gasteiger charge is -2.25. The van der Waals surface area contributed by atoms with Crippen LogP contribution in [0, 0.1) is 5.82 Å². The number of hydrogen-bond donors (Lipinski definition) is 2. The van der Waals surface area contributed by atoms with E-state index in [4.69, 9.17) is 9.47 Å². The van der Waals surface area contributed by atoms with Gasteiger partial charge in [0.05, 0.1) is 12.2 Å². The van der Waals surface area contributed by atoms with E-state index in [-0.39, 0.29) is 19.0 Å². The molecule has 1 heterocycles. The number of para-hydroxylation sites is 1. The molecule has 1 aliphatic heterocycles. The van der Waals surface area contributed by atoms with Crippen molar-refractivity contribution < 1.29 is 28.2 Å². The Morgan fingerprint density at radius 2 is 2.04 bits per heavy atom. The van der Waals surface area contributed by atoms with Crippen LogP contribution in [0.25, 0.3) is 0 Å². The molecule has 8 nitrogen and oxygen atoms in total. The summed E-state index contributed by atoms with van der Waals surface area (Å²) in [5.41, 5.74) is -0.735. The molecule has 9 heteroatoms. The Morgan fingerprint density at radius 1 is 1.36 bits per heavy atom. The summed E-state index contributed by atoms with van der Waals surface area (Å²) < 4.78 is 23.5. The number of carbonyl (C=O) groups excluding carboxylic acids is 3. The van der Waals surface area contributed by atoms with E-state index in [1.807, 2.05) is 0 Å². The molecule has 1 aromatic rings. The van der Waals surface area contributed by atoms with Crippen molar-refractivity contribution in [1.29, 1.82) is 0 Å². The first-order valence-corrected chi connectivity index (χ1v) is 7.63. The predicted octanol–water partition coefficient (Wildman–Crippen LogP) is 2.07. The van der Waals surface area contributed by atoms with Gasteiger partial charge in [-0.25, -0.2) is 18.8 Å². The SMILES string of the molecule is CC(C)(C)OC(=O)N1COC(=O)[C@@H]1CNC(=O)Nc1ccccc1F. The fourth-order valence-electron chi connectivity index (χ4n) is 2.06. The molecule has 0 spiro atoms. The highest BCUT2D eigenvalue weighted by Gasteiger charge is 2.40. The third-order valence-corrected chi connectivity index (χ3v) is 3.20. The highest BCUT2D eigenvalue weighted by atomic mass is 19.1. The van der Waals surface area contributed by atoms with E-state index in [9.17, 15) is 18.8 Å². The number of cyclic esters (lactones) is 1. The van der Waals surface area contributed by atoms with Gasteiger partial charge in [-0.15, -0.1) is 0 Å². The maximum Gasteiger partial charge on any atom is 0.413 e. The van der Waals surface area contributed by atoms with E-state index in [1.54, 1.807) is 26.8 Å². The molecule has 136 valence electrons. The summed E-state index contributed by atoms with van der Waals surface area (Å²) in [5.74, 6) is -1.25. The molecule has 0 aromatic heterocycles. The minimum absolute atomic E-state index is 0.00185. The number of nitrogens with one attached hydrogen (secondary N) is 2. The molecule has 0 unspecified atom stereocenters. The van der Waals surface area contributed by atoms with Crippen molar-refractivity contribution in [2.24, 2.45) is 0 Å². The van der Waals surface area contributed by atoms with E-state index in [0.717, 1.165) is 4.90 Å². The van der Waals surface area contributed by atoms with Gasteiger partial charge in [0, 0.05) is 0 Å². The summed E-state index contributed by atoms with van der Waals surface area (Å²) in [6.45, 7) is 4.63. The van der Waals surface area contributed by atoms with Crippen LogP contribution in [0.15, 0.2) is 24.3 Å². The molecule has 0 aliphatic carbocycles. The minimum atomic E-state index is -1.01. The van der Waals surface area contributed by atoms with E-state index in [0.29, 0.717) is 0 Å². The molecule has 1 aliphatic rings. The molecule has 1 aromatic carbocycles. The second-order valence-corrected chi connectivity index (χ2v) is 6.37. The lowest BCUT2D eigenvalue weighted by atomic mass is 10.2. The molecule has 25 heavy (non-hydrogen) atoms. The molecule has 1 atom stereocenters. The summed E-state index contributed by atoms with van der Waals surface area (Å²) >= 11 is 0. The number of rotatable bonds is 3. The third kappa shape index (κ3) is 5.07. The maximum absolute atomic E-state index is 13.5. The Bertz CT molecular complexity index is 674. The van der Waals surface area contributed by atoms with Gasteiger partial charge in [0.25, 0.3) is 0 Å². The van der Waals surface area contributed by atoms with Crippen LogP contribution >= 0.6 is 0 Å². The van der Waals surface area contributed by atoms with E-state index in [2.05, 4.69) is 10.6 Å². The van der Waals surface area contributed by atoms with Gasteiger partial charge >= 0.3 is 18.1 Å². The zero-order valence-electron chi connectivity index (χ0n) is 14.2. The molecule has 0 saturated carbocycles. The monoisotopic (exact) mass is 353 g/mol. The number of ether oxygens (including phenoxy) is 2. The second kappa shape index (κ2) is 7.37. The van der Waals surface area contributed by atoms with Gasteiger partial charge in [0.1, 0.15) is 11.4 Å². The van der Waals surface area contributed by atoms with Gasteiger partial charge < -0.3 is 20.1 Å². The Kier molecular flexibility index (Phi) is 5.45. The second-order valence-electron chi connectivity index (χ2n) is 6.37. The van der Waals surface area contributed by atoms with Crippen LogP contribution in [0.3, 0.4) is 0 Å². The summed E-state index contributed by atoms with van der Waals surface area (Å²) in [7, 11) is 0. The number of hydrogen-bond acceptors (Lipinski definition) is 5. The van der Waals surface area contributed by atoms with Crippen molar-refractivity contribution in [2.45, 2.75) is 32.4 Å². The van der Waals surface area contributed by atoms with Gasteiger partial charge in [-0.2, -0.15) is 0 Å². The van der Waals surface area contributed by atoms with Gasteiger partial charge in [-0.3, -0.25) is 4.90 Å². The molecule has 2 N–H and O–H groups in total. The topological polar surface area (TPSA) is 97.0 Å². The van der Waals surface area contributed by atoms with Crippen LogP contribution < -0.4 is 10.6 Å². The van der Waals surface area contributed by atoms with Crippen LogP contribution in [0.5, 0.6) is 0 Å². The minimum Gasteiger partial charge on any atom is -0.444 e. The molecule has 3 amide bonds. The van der Waals surface area contributed by atoms with Crippen molar-refractivity contribution in [3.8, 4) is 0 Å².